The van der Waals surface area contributed by atoms with Crippen molar-refractivity contribution in [2.24, 2.45) is 5.73 Å². The first-order chi connectivity index (χ1) is 8.50. The van der Waals surface area contributed by atoms with Gasteiger partial charge in [0.05, 0.1) is 5.75 Å². The van der Waals surface area contributed by atoms with Crippen LogP contribution in [0, 0.1) is 0 Å². The summed E-state index contributed by atoms with van der Waals surface area (Å²) in [6.45, 7) is 0. The number of thiocarbonyl (C=S) groups is 1. The zero-order valence-corrected chi connectivity index (χ0v) is 10.9. The lowest BCUT2D eigenvalue weighted by atomic mass is 10.1. The lowest BCUT2D eigenvalue weighted by Crippen LogP contribution is -2.19. The monoisotopic (exact) mass is 285 g/mol. The number of benzene rings is 1. The van der Waals surface area contributed by atoms with Crippen molar-refractivity contribution in [2.45, 2.75) is 6.10 Å². The molecule has 0 aromatic heterocycles. The van der Waals surface area contributed by atoms with E-state index in [0.717, 1.165) is 11.8 Å². The van der Waals surface area contributed by atoms with Gasteiger partial charge in [-0.3, -0.25) is 4.79 Å². The van der Waals surface area contributed by atoms with E-state index in [2.05, 4.69) is 0 Å². The van der Waals surface area contributed by atoms with Crippen molar-refractivity contribution >= 4 is 40.2 Å². The zero-order chi connectivity index (χ0) is 13.5. The van der Waals surface area contributed by atoms with Crippen molar-refractivity contribution in [3.8, 4) is 0 Å². The first-order valence-corrected chi connectivity index (χ1v) is 6.29. The predicted octanol–water partition coefficient (Wildman–Crippen LogP) is 1.33. The van der Waals surface area contributed by atoms with Crippen molar-refractivity contribution in [1.29, 1.82) is 0 Å². The van der Waals surface area contributed by atoms with Crippen LogP contribution in [-0.4, -0.2) is 27.1 Å². The molecule has 0 radical (unpaired) electrons. The molecule has 7 heteroatoms. The second-order valence-electron chi connectivity index (χ2n) is 3.25. The number of amides is 1. The Morgan fingerprint density at radius 3 is 2.50 bits per heavy atom. The van der Waals surface area contributed by atoms with Gasteiger partial charge in [0.2, 0.25) is 16.4 Å². The maximum absolute atomic E-state index is 11.1. The maximum atomic E-state index is 11.1. The molecule has 1 unspecified atom stereocenters. The molecule has 18 heavy (non-hydrogen) atoms. The van der Waals surface area contributed by atoms with Crippen LogP contribution in [0.2, 0.25) is 0 Å². The maximum Gasteiger partial charge on any atom is 0.349 e. The van der Waals surface area contributed by atoms with Crippen LogP contribution in [0.4, 0.5) is 0 Å². The molecule has 3 N–H and O–H groups in total. The quantitative estimate of drug-likeness (QED) is 0.793. The summed E-state index contributed by atoms with van der Waals surface area (Å²) in [4.78, 5) is 21.7. The van der Waals surface area contributed by atoms with Crippen molar-refractivity contribution < 1.29 is 19.4 Å². The highest BCUT2D eigenvalue weighted by Gasteiger charge is 2.22. The van der Waals surface area contributed by atoms with Gasteiger partial charge in [0.15, 0.2) is 0 Å². The number of hydrogen-bond donors (Lipinski definition) is 2. The smallest absolute Gasteiger partial charge is 0.349 e. The van der Waals surface area contributed by atoms with Crippen LogP contribution in [0.25, 0.3) is 0 Å². The number of hydrogen-bond acceptors (Lipinski definition) is 5. The number of carbonyl (C=O) groups excluding carboxylic acids is 1. The molecule has 0 heterocycles. The summed E-state index contributed by atoms with van der Waals surface area (Å²) in [5.74, 6) is -1.74. The molecule has 0 bridgehead atoms. The van der Waals surface area contributed by atoms with Gasteiger partial charge in [-0.1, -0.05) is 42.1 Å². The van der Waals surface area contributed by atoms with Gasteiger partial charge >= 0.3 is 5.97 Å². The van der Waals surface area contributed by atoms with E-state index < -0.39 is 18.0 Å². The minimum absolute atomic E-state index is 0.0231. The number of rotatable bonds is 5. The van der Waals surface area contributed by atoms with Crippen LogP contribution in [0.5, 0.6) is 0 Å². The van der Waals surface area contributed by atoms with Crippen molar-refractivity contribution in [1.82, 2.24) is 0 Å². The normalized spacial score (nSPS) is 11.6. The van der Waals surface area contributed by atoms with Crippen LogP contribution in [0.15, 0.2) is 30.3 Å². The predicted molar refractivity (Wildman–Crippen MR) is 72.2 cm³/mol. The number of ether oxygens (including phenoxy) is 1. The molecule has 0 aliphatic rings. The summed E-state index contributed by atoms with van der Waals surface area (Å²) in [6.07, 6.45) is -1.18. The fraction of sp³-hybridized carbons (Fsp3) is 0.182. The minimum Gasteiger partial charge on any atom is -0.478 e. The van der Waals surface area contributed by atoms with Gasteiger partial charge in [0, 0.05) is 5.56 Å². The van der Waals surface area contributed by atoms with Crippen molar-refractivity contribution in [2.75, 3.05) is 5.75 Å². The molecule has 96 valence electrons. The summed E-state index contributed by atoms with van der Waals surface area (Å²) in [7, 11) is 0. The molecule has 5 nitrogen and oxygen atoms in total. The largest absolute Gasteiger partial charge is 0.478 e. The van der Waals surface area contributed by atoms with Crippen LogP contribution >= 0.6 is 24.0 Å². The molecule has 0 saturated heterocycles. The molecule has 1 aromatic carbocycles. The first kappa shape index (κ1) is 14.5. The summed E-state index contributed by atoms with van der Waals surface area (Å²) in [5, 5.41) is 9.07. The molecule has 0 fully saturated rings. The van der Waals surface area contributed by atoms with E-state index in [4.69, 9.17) is 27.8 Å². The Morgan fingerprint density at radius 1 is 1.39 bits per heavy atom. The number of carbonyl (C=O) groups is 2. The highest BCUT2D eigenvalue weighted by atomic mass is 32.2. The number of nitrogens with two attached hydrogens (primary N) is 1. The second-order valence-corrected chi connectivity index (χ2v) is 4.83. The molecule has 0 aliphatic carbocycles. The van der Waals surface area contributed by atoms with E-state index in [-0.39, 0.29) is 10.1 Å². The van der Waals surface area contributed by atoms with Gasteiger partial charge < -0.3 is 15.6 Å². The van der Waals surface area contributed by atoms with Gasteiger partial charge in [-0.25, -0.2) is 4.79 Å². The Labute approximate surface area is 113 Å². The van der Waals surface area contributed by atoms with Crippen LogP contribution in [-0.2, 0) is 14.3 Å². The third-order valence-corrected chi connectivity index (χ3v) is 3.08. The standard InChI is InChI=1S/C11H11NO4S2/c12-8(13)6-18-11(17)16-9(10(14)15)7-4-2-1-3-5-7/h1-5,9H,6H2,(H2,12,13)(H,14,15). The van der Waals surface area contributed by atoms with E-state index in [9.17, 15) is 9.59 Å². The third-order valence-electron chi connectivity index (χ3n) is 1.87. The number of carboxylic acid groups (broad SMARTS) is 1. The lowest BCUT2D eigenvalue weighted by molar-refractivity contribution is -0.145. The summed E-state index contributed by atoms with van der Waals surface area (Å²) in [5.41, 5.74) is 5.43. The average molecular weight is 285 g/mol. The zero-order valence-electron chi connectivity index (χ0n) is 9.24. The average Bonchev–Trinajstić information content (AvgIpc) is 2.34. The fourth-order valence-corrected chi connectivity index (χ4v) is 1.85. The van der Waals surface area contributed by atoms with Gasteiger partial charge in [0.25, 0.3) is 0 Å². The van der Waals surface area contributed by atoms with Crippen LogP contribution < -0.4 is 5.73 Å². The third kappa shape index (κ3) is 4.72. The lowest BCUT2D eigenvalue weighted by Gasteiger charge is -2.15. The summed E-state index contributed by atoms with van der Waals surface area (Å²) in [6, 6.07) is 8.42. The molecule has 1 rings (SSSR count). The van der Waals surface area contributed by atoms with E-state index in [1.54, 1.807) is 30.3 Å². The first-order valence-electron chi connectivity index (χ1n) is 4.90. The van der Waals surface area contributed by atoms with Crippen molar-refractivity contribution in [3.63, 3.8) is 0 Å². The Balaban J connectivity index is 2.67. The SMILES string of the molecule is NC(=O)CSC(=S)OC(C(=O)O)c1ccccc1. The molecular formula is C11H11NO4S2. The van der Waals surface area contributed by atoms with Crippen LogP contribution in [0.3, 0.4) is 0 Å². The van der Waals surface area contributed by atoms with Gasteiger partial charge in [-0.15, -0.1) is 0 Å². The second kappa shape index (κ2) is 6.97. The van der Waals surface area contributed by atoms with E-state index in [1.165, 1.54) is 0 Å². The van der Waals surface area contributed by atoms with E-state index >= 15 is 0 Å². The summed E-state index contributed by atoms with van der Waals surface area (Å²) < 4.78 is 5.11. The van der Waals surface area contributed by atoms with Gasteiger partial charge in [0.1, 0.15) is 0 Å². The Kier molecular flexibility index (Phi) is 5.60. The number of primary amides is 1. The fourth-order valence-electron chi connectivity index (χ4n) is 1.15. The Bertz CT molecular complexity index is 450. The molecule has 1 amide bonds. The highest BCUT2D eigenvalue weighted by Crippen LogP contribution is 2.21. The molecule has 1 aromatic rings. The molecule has 1 atom stereocenters. The molecular weight excluding hydrogens is 274 g/mol. The molecule has 0 aliphatic heterocycles. The van der Waals surface area contributed by atoms with Crippen LogP contribution in [0.1, 0.15) is 11.7 Å². The van der Waals surface area contributed by atoms with Gasteiger partial charge in [-0.2, -0.15) is 0 Å². The number of aliphatic carboxylic acids is 1. The van der Waals surface area contributed by atoms with Crippen molar-refractivity contribution in [3.05, 3.63) is 35.9 Å². The Morgan fingerprint density at radius 2 is 2.00 bits per heavy atom. The minimum atomic E-state index is -1.18. The van der Waals surface area contributed by atoms with Gasteiger partial charge in [-0.05, 0) is 12.2 Å². The summed E-state index contributed by atoms with van der Waals surface area (Å²) >= 11 is 5.73. The Hall–Kier alpha value is -1.60. The molecule has 0 spiro atoms. The highest BCUT2D eigenvalue weighted by molar-refractivity contribution is 8.23. The number of thioether (sulfide) groups is 1. The molecule has 0 saturated carbocycles. The van der Waals surface area contributed by atoms with E-state index in [1.807, 2.05) is 0 Å². The topological polar surface area (TPSA) is 89.6 Å². The number of carboxylic acids is 1. The van der Waals surface area contributed by atoms with E-state index in [0.29, 0.717) is 5.56 Å².